The van der Waals surface area contributed by atoms with Crippen LogP contribution in [0.3, 0.4) is 0 Å². The minimum absolute atomic E-state index is 0.229. The van der Waals surface area contributed by atoms with Gasteiger partial charge in [-0.15, -0.1) is 0 Å². The summed E-state index contributed by atoms with van der Waals surface area (Å²) in [6, 6.07) is 0. The van der Waals surface area contributed by atoms with E-state index in [1.807, 2.05) is 13.8 Å². The molecule has 1 saturated heterocycles. The Hall–Kier alpha value is -0.610. The molecule has 0 aromatic rings. The Bertz CT molecular complexity index is 282. The molecular weight excluding hydrogens is 206 g/mol. The second-order valence-electron chi connectivity index (χ2n) is 5.49. The van der Waals surface area contributed by atoms with E-state index in [1.54, 1.807) is 0 Å². The summed E-state index contributed by atoms with van der Waals surface area (Å²) in [4.78, 5) is 11.5. The van der Waals surface area contributed by atoms with Crippen LogP contribution in [0.15, 0.2) is 0 Å². The summed E-state index contributed by atoms with van der Waals surface area (Å²) in [5.41, 5.74) is 5.00. The van der Waals surface area contributed by atoms with E-state index in [0.29, 0.717) is 13.2 Å². The molecule has 1 atom stereocenters. The van der Waals surface area contributed by atoms with E-state index in [1.165, 1.54) is 0 Å². The van der Waals surface area contributed by atoms with Crippen LogP contribution < -0.4 is 5.73 Å². The predicted molar refractivity (Wildman–Crippen MR) is 59.6 cm³/mol. The summed E-state index contributed by atoms with van der Waals surface area (Å²) in [7, 11) is 0. The molecule has 1 aliphatic carbocycles. The summed E-state index contributed by atoms with van der Waals surface area (Å²) in [6.45, 7) is 5.19. The molecular formula is C12H21NO3. The Morgan fingerprint density at radius 2 is 2.00 bits per heavy atom. The molecule has 1 saturated carbocycles. The maximum atomic E-state index is 11.5. The molecule has 4 nitrogen and oxygen atoms in total. The van der Waals surface area contributed by atoms with Crippen molar-refractivity contribution < 1.29 is 14.3 Å². The quantitative estimate of drug-likeness (QED) is 0.776. The molecule has 1 spiro atoms. The molecule has 0 radical (unpaired) electrons. The van der Waals surface area contributed by atoms with Gasteiger partial charge in [-0.3, -0.25) is 4.79 Å². The van der Waals surface area contributed by atoms with Gasteiger partial charge in [-0.1, -0.05) is 13.8 Å². The van der Waals surface area contributed by atoms with E-state index in [2.05, 4.69) is 0 Å². The number of primary amides is 1. The summed E-state index contributed by atoms with van der Waals surface area (Å²) in [6.07, 6.45) is 3.81. The van der Waals surface area contributed by atoms with E-state index in [0.717, 1.165) is 25.7 Å². The molecule has 1 amide bonds. The highest BCUT2D eigenvalue weighted by Crippen LogP contribution is 2.45. The molecule has 4 heteroatoms. The third-order valence-corrected chi connectivity index (χ3v) is 4.14. The maximum Gasteiger partial charge on any atom is 0.223 e. The van der Waals surface area contributed by atoms with Crippen LogP contribution in [-0.2, 0) is 14.3 Å². The first-order valence-electron chi connectivity index (χ1n) is 6.04. The average Bonchev–Trinajstić information content (AvgIpc) is 2.66. The van der Waals surface area contributed by atoms with Crippen LogP contribution in [0.2, 0.25) is 0 Å². The first-order chi connectivity index (χ1) is 7.46. The van der Waals surface area contributed by atoms with Crippen LogP contribution in [0.4, 0.5) is 0 Å². The van der Waals surface area contributed by atoms with Crippen molar-refractivity contribution in [2.24, 2.45) is 17.1 Å². The zero-order valence-corrected chi connectivity index (χ0v) is 10.1. The van der Waals surface area contributed by atoms with Gasteiger partial charge in [-0.05, 0) is 18.8 Å². The van der Waals surface area contributed by atoms with E-state index >= 15 is 0 Å². The van der Waals surface area contributed by atoms with Gasteiger partial charge in [0.25, 0.3) is 0 Å². The SMILES string of the molecule is CC(C)(C(N)=O)C1CCCC2(C1)OCCO2. The van der Waals surface area contributed by atoms with Gasteiger partial charge < -0.3 is 15.2 Å². The standard InChI is InChI=1S/C12H21NO3/c1-11(2,10(13)14)9-4-3-5-12(8-9)15-6-7-16-12/h9H,3-8H2,1-2H3,(H2,13,14). The van der Waals surface area contributed by atoms with Crippen molar-refractivity contribution in [2.75, 3.05) is 13.2 Å². The van der Waals surface area contributed by atoms with Crippen LogP contribution in [0.5, 0.6) is 0 Å². The van der Waals surface area contributed by atoms with Gasteiger partial charge in [0.2, 0.25) is 5.91 Å². The smallest absolute Gasteiger partial charge is 0.223 e. The fraction of sp³-hybridized carbons (Fsp3) is 0.917. The average molecular weight is 227 g/mol. The Labute approximate surface area is 96.5 Å². The lowest BCUT2D eigenvalue weighted by molar-refractivity contribution is -0.195. The van der Waals surface area contributed by atoms with Crippen molar-refractivity contribution >= 4 is 5.91 Å². The molecule has 1 heterocycles. The van der Waals surface area contributed by atoms with Crippen molar-refractivity contribution in [3.63, 3.8) is 0 Å². The van der Waals surface area contributed by atoms with Crippen molar-refractivity contribution in [3.05, 3.63) is 0 Å². The number of hydrogen-bond acceptors (Lipinski definition) is 3. The van der Waals surface area contributed by atoms with Crippen LogP contribution >= 0.6 is 0 Å². The number of carbonyl (C=O) groups excluding carboxylic acids is 1. The second kappa shape index (κ2) is 4.00. The topological polar surface area (TPSA) is 61.6 Å². The molecule has 1 unspecified atom stereocenters. The molecule has 1 aliphatic heterocycles. The maximum absolute atomic E-state index is 11.5. The van der Waals surface area contributed by atoms with Crippen LogP contribution in [0.1, 0.15) is 39.5 Å². The lowest BCUT2D eigenvalue weighted by Crippen LogP contribution is -2.45. The molecule has 2 aliphatic rings. The van der Waals surface area contributed by atoms with Crippen LogP contribution in [0.25, 0.3) is 0 Å². The Kier molecular flexibility index (Phi) is 2.97. The highest BCUT2D eigenvalue weighted by atomic mass is 16.7. The Morgan fingerprint density at radius 1 is 1.38 bits per heavy atom. The number of rotatable bonds is 2. The third-order valence-electron chi connectivity index (χ3n) is 4.14. The molecule has 2 rings (SSSR count). The van der Waals surface area contributed by atoms with Gasteiger partial charge >= 0.3 is 0 Å². The molecule has 0 aromatic carbocycles. The van der Waals surface area contributed by atoms with Gasteiger partial charge in [0, 0.05) is 18.3 Å². The monoisotopic (exact) mass is 227 g/mol. The first kappa shape index (κ1) is 11.9. The zero-order chi connectivity index (χ0) is 11.8. The van der Waals surface area contributed by atoms with E-state index in [4.69, 9.17) is 15.2 Å². The van der Waals surface area contributed by atoms with E-state index in [9.17, 15) is 4.79 Å². The summed E-state index contributed by atoms with van der Waals surface area (Å²) < 4.78 is 11.4. The molecule has 2 fully saturated rings. The molecule has 16 heavy (non-hydrogen) atoms. The van der Waals surface area contributed by atoms with Gasteiger partial charge in [0.1, 0.15) is 0 Å². The van der Waals surface area contributed by atoms with Crippen LogP contribution in [0, 0.1) is 11.3 Å². The van der Waals surface area contributed by atoms with E-state index in [-0.39, 0.29) is 11.8 Å². The van der Waals surface area contributed by atoms with Gasteiger partial charge in [-0.2, -0.15) is 0 Å². The Morgan fingerprint density at radius 3 is 2.56 bits per heavy atom. The van der Waals surface area contributed by atoms with Crippen molar-refractivity contribution in [2.45, 2.75) is 45.3 Å². The van der Waals surface area contributed by atoms with Gasteiger partial charge in [0.05, 0.1) is 13.2 Å². The number of amides is 1. The fourth-order valence-corrected chi connectivity index (χ4v) is 2.77. The minimum Gasteiger partial charge on any atom is -0.369 e. The normalized spacial score (nSPS) is 29.5. The summed E-state index contributed by atoms with van der Waals surface area (Å²) in [5.74, 6) is -0.389. The highest BCUT2D eigenvalue weighted by molar-refractivity contribution is 5.80. The molecule has 0 aromatic heterocycles. The number of hydrogen-bond donors (Lipinski definition) is 1. The lowest BCUT2D eigenvalue weighted by Gasteiger charge is -2.41. The summed E-state index contributed by atoms with van der Waals surface area (Å²) >= 11 is 0. The number of nitrogens with two attached hydrogens (primary N) is 1. The molecule has 0 bridgehead atoms. The predicted octanol–water partition coefficient (Wildman–Crippen LogP) is 1.43. The zero-order valence-electron chi connectivity index (χ0n) is 10.1. The second-order valence-corrected chi connectivity index (χ2v) is 5.49. The van der Waals surface area contributed by atoms with Gasteiger partial charge in [-0.25, -0.2) is 0 Å². The van der Waals surface area contributed by atoms with Crippen molar-refractivity contribution in [3.8, 4) is 0 Å². The van der Waals surface area contributed by atoms with Crippen molar-refractivity contribution in [1.29, 1.82) is 0 Å². The molecule has 92 valence electrons. The lowest BCUT2D eigenvalue weighted by atomic mass is 9.69. The highest BCUT2D eigenvalue weighted by Gasteiger charge is 2.47. The van der Waals surface area contributed by atoms with E-state index < -0.39 is 11.2 Å². The fourth-order valence-electron chi connectivity index (χ4n) is 2.77. The number of carbonyl (C=O) groups is 1. The summed E-state index contributed by atoms with van der Waals surface area (Å²) in [5, 5.41) is 0. The molecule has 2 N–H and O–H groups in total. The Balaban J connectivity index is 2.09. The van der Waals surface area contributed by atoms with Crippen LogP contribution in [-0.4, -0.2) is 24.9 Å². The van der Waals surface area contributed by atoms with Gasteiger partial charge in [0.15, 0.2) is 5.79 Å². The number of ether oxygens (including phenoxy) is 2. The minimum atomic E-state index is -0.470. The third kappa shape index (κ3) is 1.96. The largest absolute Gasteiger partial charge is 0.369 e. The van der Waals surface area contributed by atoms with Crippen molar-refractivity contribution in [1.82, 2.24) is 0 Å². The first-order valence-corrected chi connectivity index (χ1v) is 6.04.